The van der Waals surface area contributed by atoms with E-state index in [2.05, 4.69) is 27.7 Å². The standard InChI is InChI=1S/C12H17F.C8H9F.2C2H6/c1-8(2)11-6-5-10(13)7-12(11)9(3)4;1-6-3-4-8(9)5-7(6)2;2*1-2/h5-9H,1-4H3;3-5H,1-2H3;2*1-2H3. The smallest absolute Gasteiger partial charge is 0.123 e. The topological polar surface area (TPSA) is 0 Å². The Hall–Kier alpha value is -1.70. The molecule has 0 nitrogen and oxygen atoms in total. The highest BCUT2D eigenvalue weighted by Gasteiger charge is 2.10. The lowest BCUT2D eigenvalue weighted by molar-refractivity contribution is 0.620. The van der Waals surface area contributed by atoms with Crippen LogP contribution in [-0.4, -0.2) is 0 Å². The zero-order valence-electron chi connectivity index (χ0n) is 18.4. The second-order valence-corrected chi connectivity index (χ2v) is 6.31. The molecule has 0 atom stereocenters. The van der Waals surface area contributed by atoms with Gasteiger partial charge in [0, 0.05) is 0 Å². The van der Waals surface area contributed by atoms with Crippen molar-refractivity contribution in [3.63, 3.8) is 0 Å². The van der Waals surface area contributed by atoms with Crippen LogP contribution in [0.1, 0.15) is 89.5 Å². The van der Waals surface area contributed by atoms with Crippen molar-refractivity contribution in [2.75, 3.05) is 0 Å². The van der Waals surface area contributed by atoms with Crippen molar-refractivity contribution in [1.29, 1.82) is 0 Å². The first-order chi connectivity index (χ1) is 12.2. The molecule has 0 bridgehead atoms. The Balaban J connectivity index is 0. The Morgan fingerprint density at radius 3 is 1.38 bits per heavy atom. The Morgan fingerprint density at radius 2 is 1.00 bits per heavy atom. The molecule has 0 radical (unpaired) electrons. The van der Waals surface area contributed by atoms with Crippen LogP contribution in [0, 0.1) is 25.5 Å². The molecular weight excluding hydrogens is 326 g/mol. The molecule has 0 heterocycles. The Morgan fingerprint density at radius 1 is 0.577 bits per heavy atom. The molecule has 0 saturated heterocycles. The molecular formula is C24H38F2. The fourth-order valence-electron chi connectivity index (χ4n) is 2.28. The molecule has 148 valence electrons. The van der Waals surface area contributed by atoms with E-state index in [1.54, 1.807) is 18.2 Å². The lowest BCUT2D eigenvalue weighted by atomic mass is 9.91. The van der Waals surface area contributed by atoms with E-state index >= 15 is 0 Å². The van der Waals surface area contributed by atoms with Gasteiger partial charge in [-0.3, -0.25) is 0 Å². The minimum atomic E-state index is -0.155. The van der Waals surface area contributed by atoms with Crippen molar-refractivity contribution in [1.82, 2.24) is 0 Å². The fourth-order valence-corrected chi connectivity index (χ4v) is 2.28. The van der Waals surface area contributed by atoms with Crippen molar-refractivity contribution < 1.29 is 8.78 Å². The summed E-state index contributed by atoms with van der Waals surface area (Å²) < 4.78 is 25.3. The molecule has 26 heavy (non-hydrogen) atoms. The molecule has 2 heteroatoms. The quantitative estimate of drug-likeness (QED) is 0.500. The monoisotopic (exact) mass is 364 g/mol. The average Bonchev–Trinajstić information content (AvgIpc) is 2.62. The Labute approximate surface area is 160 Å². The van der Waals surface area contributed by atoms with Gasteiger partial charge in [-0.15, -0.1) is 0 Å². The Bertz CT molecular complexity index is 614. The van der Waals surface area contributed by atoms with Crippen LogP contribution in [0.5, 0.6) is 0 Å². The van der Waals surface area contributed by atoms with Gasteiger partial charge in [-0.2, -0.15) is 0 Å². The molecule has 0 aromatic heterocycles. The van der Waals surface area contributed by atoms with E-state index in [0.29, 0.717) is 11.8 Å². The van der Waals surface area contributed by atoms with Gasteiger partial charge in [-0.1, -0.05) is 67.5 Å². The highest BCUT2D eigenvalue weighted by molar-refractivity contribution is 5.32. The molecule has 0 aliphatic rings. The number of rotatable bonds is 2. The number of hydrogen-bond acceptors (Lipinski definition) is 0. The predicted molar refractivity (Wildman–Crippen MR) is 113 cm³/mol. The third-order valence-electron chi connectivity index (χ3n) is 3.76. The predicted octanol–water partition coefficient (Wildman–Crippen LogP) is 8.57. The zero-order valence-corrected chi connectivity index (χ0v) is 18.4. The summed E-state index contributed by atoms with van der Waals surface area (Å²) in [4.78, 5) is 0. The molecule has 0 unspecified atom stereocenters. The molecule has 0 fully saturated rings. The van der Waals surface area contributed by atoms with Gasteiger partial charge in [0.15, 0.2) is 0 Å². The van der Waals surface area contributed by atoms with Crippen LogP contribution >= 0.6 is 0 Å². The summed E-state index contributed by atoms with van der Waals surface area (Å²) in [5.74, 6) is 0.581. The van der Waals surface area contributed by atoms with Crippen LogP contribution in [0.2, 0.25) is 0 Å². The summed E-state index contributed by atoms with van der Waals surface area (Å²) in [7, 11) is 0. The van der Waals surface area contributed by atoms with Crippen molar-refractivity contribution in [2.24, 2.45) is 0 Å². The van der Waals surface area contributed by atoms with E-state index in [0.717, 1.165) is 16.7 Å². The van der Waals surface area contributed by atoms with Crippen LogP contribution in [0.3, 0.4) is 0 Å². The number of halogens is 2. The largest absolute Gasteiger partial charge is 0.207 e. The van der Waals surface area contributed by atoms with Gasteiger partial charge in [0.05, 0.1) is 0 Å². The average molecular weight is 365 g/mol. The summed E-state index contributed by atoms with van der Waals surface area (Å²) in [5.41, 5.74) is 4.54. The Kier molecular flexibility index (Phi) is 14.8. The highest BCUT2D eigenvalue weighted by Crippen LogP contribution is 2.26. The summed E-state index contributed by atoms with van der Waals surface area (Å²) in [6, 6.07) is 9.89. The maximum atomic E-state index is 13.0. The SMILES string of the molecule is CC.CC.CC(C)c1ccc(F)cc1C(C)C.Cc1ccc(F)cc1C. The van der Waals surface area contributed by atoms with E-state index < -0.39 is 0 Å². The van der Waals surface area contributed by atoms with Crippen LogP contribution in [0.15, 0.2) is 36.4 Å². The van der Waals surface area contributed by atoms with Crippen molar-refractivity contribution >= 4 is 0 Å². The first-order valence-corrected chi connectivity index (χ1v) is 9.74. The van der Waals surface area contributed by atoms with Gasteiger partial charge in [0.2, 0.25) is 0 Å². The summed E-state index contributed by atoms with van der Waals surface area (Å²) in [5, 5.41) is 0. The normalized spacial score (nSPS) is 9.46. The summed E-state index contributed by atoms with van der Waals surface area (Å²) >= 11 is 0. The lowest BCUT2D eigenvalue weighted by Crippen LogP contribution is -1.99. The van der Waals surface area contributed by atoms with Crippen LogP contribution < -0.4 is 0 Å². The van der Waals surface area contributed by atoms with Crippen LogP contribution in [-0.2, 0) is 0 Å². The van der Waals surface area contributed by atoms with Gasteiger partial charge in [-0.25, -0.2) is 8.78 Å². The molecule has 2 rings (SSSR count). The van der Waals surface area contributed by atoms with Gasteiger partial charge in [0.1, 0.15) is 11.6 Å². The molecule has 2 aromatic carbocycles. The second kappa shape index (κ2) is 14.5. The zero-order chi connectivity index (χ0) is 20.9. The maximum Gasteiger partial charge on any atom is 0.123 e. The lowest BCUT2D eigenvalue weighted by Gasteiger charge is -2.15. The van der Waals surface area contributed by atoms with E-state index in [9.17, 15) is 8.78 Å². The molecule has 0 spiro atoms. The van der Waals surface area contributed by atoms with Gasteiger partial charge in [-0.05, 0) is 72.2 Å². The van der Waals surface area contributed by atoms with Crippen LogP contribution in [0.25, 0.3) is 0 Å². The number of benzene rings is 2. The van der Waals surface area contributed by atoms with E-state index in [-0.39, 0.29) is 11.6 Å². The molecule has 0 N–H and O–H groups in total. The first kappa shape index (κ1) is 26.5. The molecule has 0 saturated carbocycles. The molecule has 0 amide bonds. The van der Waals surface area contributed by atoms with Gasteiger partial charge in [0.25, 0.3) is 0 Å². The van der Waals surface area contributed by atoms with Crippen molar-refractivity contribution in [3.8, 4) is 0 Å². The second-order valence-electron chi connectivity index (χ2n) is 6.31. The number of hydrogen-bond donors (Lipinski definition) is 0. The first-order valence-electron chi connectivity index (χ1n) is 9.74. The summed E-state index contributed by atoms with van der Waals surface area (Å²) in [6.07, 6.45) is 0. The minimum absolute atomic E-state index is 0.131. The van der Waals surface area contributed by atoms with E-state index in [1.807, 2.05) is 47.6 Å². The van der Waals surface area contributed by atoms with E-state index in [1.165, 1.54) is 17.7 Å². The molecule has 0 aliphatic heterocycles. The van der Waals surface area contributed by atoms with Gasteiger partial charge < -0.3 is 0 Å². The summed E-state index contributed by atoms with van der Waals surface area (Å²) in [6.45, 7) is 20.3. The molecule has 2 aromatic rings. The molecule has 0 aliphatic carbocycles. The van der Waals surface area contributed by atoms with Crippen LogP contribution in [0.4, 0.5) is 8.78 Å². The maximum absolute atomic E-state index is 13.0. The van der Waals surface area contributed by atoms with E-state index in [4.69, 9.17) is 0 Å². The number of aryl methyl sites for hydroxylation is 2. The third-order valence-corrected chi connectivity index (χ3v) is 3.76. The third kappa shape index (κ3) is 9.70. The fraction of sp³-hybridized carbons (Fsp3) is 0.500. The van der Waals surface area contributed by atoms with Crippen molar-refractivity contribution in [3.05, 3.63) is 70.3 Å². The van der Waals surface area contributed by atoms with Gasteiger partial charge >= 0.3 is 0 Å². The van der Waals surface area contributed by atoms with Crippen molar-refractivity contribution in [2.45, 2.75) is 81.1 Å². The highest BCUT2D eigenvalue weighted by atomic mass is 19.1. The minimum Gasteiger partial charge on any atom is -0.207 e.